The molecule has 0 aliphatic carbocycles. The van der Waals surface area contributed by atoms with Crippen LogP contribution in [0.15, 0.2) is 34.4 Å². The Bertz CT molecular complexity index is 380. The number of nitrogens with zero attached hydrogens (tertiary/aromatic N) is 2. The number of benzene rings is 1. The fraction of sp³-hybridized carbons (Fsp3) is 0.273. The molecule has 0 unspecified atom stereocenters. The van der Waals surface area contributed by atoms with Gasteiger partial charge in [-0.05, 0) is 18.9 Å². The van der Waals surface area contributed by atoms with Gasteiger partial charge in [0.2, 0.25) is 0 Å². The van der Waals surface area contributed by atoms with Gasteiger partial charge in [0.25, 0.3) is 0 Å². The van der Waals surface area contributed by atoms with E-state index in [9.17, 15) is 0 Å². The molecule has 72 valence electrons. The van der Waals surface area contributed by atoms with Crippen LogP contribution in [-0.4, -0.2) is 18.6 Å². The van der Waals surface area contributed by atoms with Crippen LogP contribution in [0.1, 0.15) is 18.1 Å². The molecule has 0 spiro atoms. The molecule has 0 aromatic heterocycles. The molecule has 3 heteroatoms. The highest BCUT2D eigenvalue weighted by molar-refractivity contribution is 6.00. The van der Waals surface area contributed by atoms with Crippen molar-refractivity contribution in [2.75, 3.05) is 6.54 Å². The van der Waals surface area contributed by atoms with Gasteiger partial charge in [-0.1, -0.05) is 24.3 Å². The zero-order valence-electron chi connectivity index (χ0n) is 8.20. The summed E-state index contributed by atoms with van der Waals surface area (Å²) in [5.74, 6) is 0.880. The first-order valence-corrected chi connectivity index (χ1v) is 4.78. The molecule has 0 radical (unpaired) electrons. The predicted molar refractivity (Wildman–Crippen MR) is 58.9 cm³/mol. The third-order valence-electron chi connectivity index (χ3n) is 2.22. The van der Waals surface area contributed by atoms with Gasteiger partial charge in [0.15, 0.2) is 0 Å². The lowest BCUT2D eigenvalue weighted by atomic mass is 10.0. The second kappa shape index (κ2) is 4.05. The maximum atomic E-state index is 4.40. The fourth-order valence-corrected chi connectivity index (χ4v) is 1.56. The van der Waals surface area contributed by atoms with Crippen LogP contribution in [-0.2, 0) is 6.42 Å². The molecule has 0 saturated carbocycles. The molecule has 1 heterocycles. The van der Waals surface area contributed by atoms with Crippen LogP contribution in [0.5, 0.6) is 0 Å². The van der Waals surface area contributed by atoms with Gasteiger partial charge in [0.05, 0.1) is 0 Å². The summed E-state index contributed by atoms with van der Waals surface area (Å²) >= 11 is 0. The van der Waals surface area contributed by atoms with Gasteiger partial charge < -0.3 is 0 Å². The first-order valence-electron chi connectivity index (χ1n) is 4.78. The highest BCUT2D eigenvalue weighted by Gasteiger charge is 2.11. The molecule has 1 N–H and O–H groups in total. The number of fused-ring (bicyclic) bond motifs is 1. The normalized spacial score (nSPS) is 15.1. The lowest BCUT2D eigenvalue weighted by Crippen LogP contribution is -2.24. The van der Waals surface area contributed by atoms with Crippen molar-refractivity contribution in [2.45, 2.75) is 13.3 Å². The summed E-state index contributed by atoms with van der Waals surface area (Å²) < 4.78 is 0. The Labute approximate surface area is 83.6 Å². The van der Waals surface area contributed by atoms with E-state index in [-0.39, 0.29) is 0 Å². The molecular weight excluding hydrogens is 174 g/mol. The Balaban J connectivity index is 2.30. The maximum absolute atomic E-state index is 4.40. The minimum absolute atomic E-state index is 0.846. The second-order valence-corrected chi connectivity index (χ2v) is 3.14. The molecule has 3 nitrogen and oxygen atoms in total. The summed E-state index contributed by atoms with van der Waals surface area (Å²) in [6.45, 7) is 2.72. The average Bonchev–Trinajstić information content (AvgIpc) is 2.26. The van der Waals surface area contributed by atoms with E-state index >= 15 is 0 Å². The fourth-order valence-electron chi connectivity index (χ4n) is 1.56. The van der Waals surface area contributed by atoms with E-state index < -0.39 is 0 Å². The molecular formula is C11H13N3. The Kier molecular flexibility index (Phi) is 2.58. The van der Waals surface area contributed by atoms with Crippen molar-refractivity contribution in [3.05, 3.63) is 35.4 Å². The monoisotopic (exact) mass is 187 g/mol. The quantitative estimate of drug-likeness (QED) is 0.526. The maximum Gasteiger partial charge on any atom is 0.149 e. The van der Waals surface area contributed by atoms with E-state index in [0.29, 0.717) is 0 Å². The summed E-state index contributed by atoms with van der Waals surface area (Å²) in [5.41, 5.74) is 5.46. The van der Waals surface area contributed by atoms with E-state index in [4.69, 9.17) is 0 Å². The second-order valence-electron chi connectivity index (χ2n) is 3.14. The van der Waals surface area contributed by atoms with Gasteiger partial charge in [0.1, 0.15) is 5.84 Å². The topological polar surface area (TPSA) is 36.8 Å². The van der Waals surface area contributed by atoms with E-state index in [1.807, 2.05) is 13.0 Å². The molecule has 1 aromatic rings. The number of nitrogens with one attached hydrogen (secondary N) is 1. The molecule has 0 saturated heterocycles. The highest BCUT2D eigenvalue weighted by Crippen LogP contribution is 2.14. The summed E-state index contributed by atoms with van der Waals surface area (Å²) in [7, 11) is 0. The van der Waals surface area contributed by atoms with Gasteiger partial charge in [0, 0.05) is 18.3 Å². The van der Waals surface area contributed by atoms with Crippen LogP contribution in [0, 0.1) is 0 Å². The van der Waals surface area contributed by atoms with Gasteiger partial charge in [-0.25, -0.2) is 0 Å². The molecule has 0 fully saturated rings. The highest BCUT2D eigenvalue weighted by atomic mass is 15.3. The first kappa shape index (κ1) is 8.94. The summed E-state index contributed by atoms with van der Waals surface area (Å²) in [6.07, 6.45) is 2.75. The Hall–Kier alpha value is -1.64. The largest absolute Gasteiger partial charge is 0.266 e. The standard InChI is InChI=1S/C11H13N3/c1-2-13-14-11-10-6-4-3-5-9(10)7-8-12-11/h2-6H,7-8H2,1H3,(H,12,14). The minimum atomic E-state index is 0.846. The van der Waals surface area contributed by atoms with Crippen LogP contribution in [0.2, 0.25) is 0 Å². The SMILES string of the molecule is CC=NNC1=NCCc2ccccc21. The molecule has 0 bridgehead atoms. The Morgan fingerprint density at radius 2 is 2.29 bits per heavy atom. The van der Waals surface area contributed by atoms with Gasteiger partial charge in [-0.3, -0.25) is 10.4 Å². The third-order valence-corrected chi connectivity index (χ3v) is 2.22. The van der Waals surface area contributed by atoms with Crippen LogP contribution >= 0.6 is 0 Å². The molecule has 1 aliphatic heterocycles. The number of aliphatic imine (C=N–C) groups is 1. The number of hydrazone groups is 1. The lowest BCUT2D eigenvalue weighted by molar-refractivity contribution is 0.901. The van der Waals surface area contributed by atoms with Gasteiger partial charge >= 0.3 is 0 Å². The average molecular weight is 187 g/mol. The predicted octanol–water partition coefficient (Wildman–Crippen LogP) is 1.58. The number of hydrogen-bond acceptors (Lipinski definition) is 3. The van der Waals surface area contributed by atoms with Crippen molar-refractivity contribution in [3.63, 3.8) is 0 Å². The van der Waals surface area contributed by atoms with Crippen LogP contribution in [0.3, 0.4) is 0 Å². The van der Waals surface area contributed by atoms with Crippen molar-refractivity contribution in [1.29, 1.82) is 0 Å². The zero-order chi connectivity index (χ0) is 9.80. The summed E-state index contributed by atoms with van der Waals surface area (Å²) in [5, 5.41) is 3.99. The minimum Gasteiger partial charge on any atom is -0.266 e. The van der Waals surface area contributed by atoms with Crippen molar-refractivity contribution >= 4 is 12.1 Å². The summed E-state index contributed by atoms with van der Waals surface area (Å²) in [6, 6.07) is 8.30. The van der Waals surface area contributed by atoms with Crippen molar-refractivity contribution in [3.8, 4) is 0 Å². The lowest BCUT2D eigenvalue weighted by Gasteiger charge is -2.15. The molecule has 1 aromatic carbocycles. The van der Waals surface area contributed by atoms with E-state index in [1.165, 1.54) is 11.1 Å². The van der Waals surface area contributed by atoms with Gasteiger partial charge in [-0.2, -0.15) is 5.10 Å². The molecule has 14 heavy (non-hydrogen) atoms. The Morgan fingerprint density at radius 1 is 1.43 bits per heavy atom. The first-order chi connectivity index (χ1) is 6.92. The summed E-state index contributed by atoms with van der Waals surface area (Å²) in [4.78, 5) is 4.40. The van der Waals surface area contributed by atoms with Crippen molar-refractivity contribution in [1.82, 2.24) is 5.43 Å². The van der Waals surface area contributed by atoms with Crippen molar-refractivity contribution in [2.24, 2.45) is 10.1 Å². The Morgan fingerprint density at radius 3 is 3.14 bits per heavy atom. The number of amidine groups is 1. The van der Waals surface area contributed by atoms with Gasteiger partial charge in [-0.15, -0.1) is 0 Å². The van der Waals surface area contributed by atoms with Crippen LogP contribution in [0.4, 0.5) is 0 Å². The molecule has 2 rings (SSSR count). The van der Waals surface area contributed by atoms with Crippen molar-refractivity contribution < 1.29 is 0 Å². The number of hydrogen-bond donors (Lipinski definition) is 1. The van der Waals surface area contributed by atoms with E-state index in [2.05, 4.69) is 33.7 Å². The third kappa shape index (κ3) is 1.66. The van der Waals surface area contributed by atoms with Crippen LogP contribution < -0.4 is 5.43 Å². The molecule has 0 atom stereocenters. The van der Waals surface area contributed by atoms with E-state index in [0.717, 1.165) is 18.8 Å². The number of rotatable bonds is 1. The molecule has 1 aliphatic rings. The van der Waals surface area contributed by atoms with Crippen LogP contribution in [0.25, 0.3) is 0 Å². The van der Waals surface area contributed by atoms with E-state index in [1.54, 1.807) is 6.21 Å². The smallest absolute Gasteiger partial charge is 0.149 e. The zero-order valence-corrected chi connectivity index (χ0v) is 8.20. The molecule has 0 amide bonds.